The van der Waals surface area contributed by atoms with Crippen molar-refractivity contribution in [1.29, 1.82) is 0 Å². The maximum absolute atomic E-state index is 11.7. The van der Waals surface area contributed by atoms with Gasteiger partial charge in [0.1, 0.15) is 4.60 Å². The first-order valence-corrected chi connectivity index (χ1v) is 5.71. The highest BCUT2D eigenvalue weighted by Crippen LogP contribution is 2.21. The van der Waals surface area contributed by atoms with Gasteiger partial charge in [-0.15, -0.1) is 0 Å². The molecule has 0 saturated heterocycles. The summed E-state index contributed by atoms with van der Waals surface area (Å²) in [5.74, 6) is -0.0202. The molecule has 1 aromatic rings. The first-order chi connectivity index (χ1) is 6.56. The molecule has 76 valence electrons. The van der Waals surface area contributed by atoms with Crippen LogP contribution in [0.5, 0.6) is 0 Å². The molecule has 0 bridgehead atoms. The minimum Gasteiger partial charge on any atom is -0.342 e. The van der Waals surface area contributed by atoms with Gasteiger partial charge in [0, 0.05) is 19.8 Å². The molecule has 5 heteroatoms. The van der Waals surface area contributed by atoms with Crippen molar-refractivity contribution in [2.24, 2.45) is 0 Å². The smallest absolute Gasteiger partial charge is 0.255 e. The molecule has 1 rings (SSSR count). The lowest BCUT2D eigenvalue weighted by atomic mass is 10.2. The number of rotatable bonds is 2. The third-order valence-electron chi connectivity index (χ3n) is 1.86. The van der Waals surface area contributed by atoms with E-state index in [1.54, 1.807) is 24.2 Å². The quantitative estimate of drug-likeness (QED) is 0.785. The van der Waals surface area contributed by atoms with Crippen molar-refractivity contribution in [3.8, 4) is 0 Å². The third kappa shape index (κ3) is 2.54. The topological polar surface area (TPSA) is 33.2 Å². The second-order valence-corrected chi connectivity index (χ2v) is 4.42. The zero-order chi connectivity index (χ0) is 10.7. The van der Waals surface area contributed by atoms with Gasteiger partial charge in [-0.2, -0.15) is 0 Å². The second kappa shape index (κ2) is 4.89. The Morgan fingerprint density at radius 3 is 2.71 bits per heavy atom. The lowest BCUT2D eigenvalue weighted by Crippen LogP contribution is -2.26. The van der Waals surface area contributed by atoms with Crippen LogP contribution >= 0.6 is 31.9 Å². The molecule has 0 aliphatic carbocycles. The Balaban J connectivity index is 2.97. The second-order valence-electron chi connectivity index (χ2n) is 2.82. The zero-order valence-corrected chi connectivity index (χ0v) is 11.1. The molecule has 1 heterocycles. The van der Waals surface area contributed by atoms with Crippen LogP contribution in [0.1, 0.15) is 17.3 Å². The first-order valence-electron chi connectivity index (χ1n) is 4.12. The third-order valence-corrected chi connectivity index (χ3v) is 3.63. The average molecular weight is 322 g/mol. The number of carbonyl (C=O) groups excluding carboxylic acids is 1. The standard InChI is InChI=1S/C9H10Br2N2O/c1-3-13(2)9(14)6-4-7(10)8(11)12-5-6/h4-5H,3H2,1-2H3. The lowest BCUT2D eigenvalue weighted by Gasteiger charge is -2.14. The summed E-state index contributed by atoms with van der Waals surface area (Å²) in [7, 11) is 1.76. The highest BCUT2D eigenvalue weighted by Gasteiger charge is 2.11. The molecule has 0 aliphatic rings. The van der Waals surface area contributed by atoms with E-state index < -0.39 is 0 Å². The average Bonchev–Trinajstić information content (AvgIpc) is 2.20. The fourth-order valence-electron chi connectivity index (χ4n) is 0.902. The van der Waals surface area contributed by atoms with Gasteiger partial charge in [-0.05, 0) is 44.8 Å². The monoisotopic (exact) mass is 320 g/mol. The maximum atomic E-state index is 11.7. The van der Waals surface area contributed by atoms with Crippen LogP contribution in [0.4, 0.5) is 0 Å². The molecule has 0 aromatic carbocycles. The summed E-state index contributed by atoms with van der Waals surface area (Å²) in [5, 5.41) is 0. The highest BCUT2D eigenvalue weighted by atomic mass is 79.9. The summed E-state index contributed by atoms with van der Waals surface area (Å²) in [6.07, 6.45) is 1.56. The van der Waals surface area contributed by atoms with Gasteiger partial charge in [-0.25, -0.2) is 4.98 Å². The van der Waals surface area contributed by atoms with E-state index >= 15 is 0 Å². The highest BCUT2D eigenvalue weighted by molar-refractivity contribution is 9.13. The normalized spacial score (nSPS) is 10.0. The summed E-state index contributed by atoms with van der Waals surface area (Å²) < 4.78 is 1.49. The fourth-order valence-corrected chi connectivity index (χ4v) is 1.47. The van der Waals surface area contributed by atoms with Crippen LogP contribution in [-0.4, -0.2) is 29.4 Å². The first kappa shape index (κ1) is 11.7. The van der Waals surface area contributed by atoms with E-state index in [-0.39, 0.29) is 5.91 Å². The SMILES string of the molecule is CCN(C)C(=O)c1cnc(Br)c(Br)c1. The van der Waals surface area contributed by atoms with E-state index in [4.69, 9.17) is 0 Å². The Kier molecular flexibility index (Phi) is 4.07. The Labute approximate surface area is 99.8 Å². The van der Waals surface area contributed by atoms with Gasteiger partial charge in [0.15, 0.2) is 0 Å². The molecule has 0 saturated carbocycles. The van der Waals surface area contributed by atoms with Crippen LogP contribution in [0.3, 0.4) is 0 Å². The van der Waals surface area contributed by atoms with Gasteiger partial charge in [-0.3, -0.25) is 4.79 Å². The predicted molar refractivity (Wildman–Crippen MR) is 62.3 cm³/mol. The molecule has 0 aliphatic heterocycles. The number of hydrogen-bond acceptors (Lipinski definition) is 2. The number of hydrogen-bond donors (Lipinski definition) is 0. The fraction of sp³-hybridized carbons (Fsp3) is 0.333. The van der Waals surface area contributed by atoms with Crippen molar-refractivity contribution < 1.29 is 4.79 Å². The molecule has 0 fully saturated rings. The number of pyridine rings is 1. The molecule has 0 unspecified atom stereocenters. The van der Waals surface area contributed by atoms with Crippen LogP contribution in [0, 0.1) is 0 Å². The molecular weight excluding hydrogens is 312 g/mol. The lowest BCUT2D eigenvalue weighted by molar-refractivity contribution is 0.0802. The van der Waals surface area contributed by atoms with E-state index in [0.29, 0.717) is 16.7 Å². The number of amides is 1. The number of halogens is 2. The van der Waals surface area contributed by atoms with Gasteiger partial charge >= 0.3 is 0 Å². The van der Waals surface area contributed by atoms with Crippen molar-refractivity contribution in [2.75, 3.05) is 13.6 Å². The maximum Gasteiger partial charge on any atom is 0.255 e. The van der Waals surface area contributed by atoms with Crippen LogP contribution in [0.25, 0.3) is 0 Å². The molecule has 14 heavy (non-hydrogen) atoms. The minimum absolute atomic E-state index is 0.0202. The number of nitrogens with zero attached hydrogens (tertiary/aromatic N) is 2. The van der Waals surface area contributed by atoms with Crippen LogP contribution in [0.15, 0.2) is 21.3 Å². The van der Waals surface area contributed by atoms with Crippen LogP contribution < -0.4 is 0 Å². The number of carbonyl (C=O) groups is 1. The largest absolute Gasteiger partial charge is 0.342 e. The molecular formula is C9H10Br2N2O. The van der Waals surface area contributed by atoms with Crippen molar-refractivity contribution in [3.05, 3.63) is 26.9 Å². The van der Waals surface area contributed by atoms with Crippen LogP contribution in [0.2, 0.25) is 0 Å². The van der Waals surface area contributed by atoms with Gasteiger partial charge in [0.2, 0.25) is 0 Å². The van der Waals surface area contributed by atoms with Crippen molar-refractivity contribution in [3.63, 3.8) is 0 Å². The van der Waals surface area contributed by atoms with E-state index in [1.807, 2.05) is 6.92 Å². The van der Waals surface area contributed by atoms with Crippen LogP contribution in [-0.2, 0) is 0 Å². The summed E-state index contributed by atoms with van der Waals surface area (Å²) in [5.41, 5.74) is 0.587. The molecule has 3 nitrogen and oxygen atoms in total. The van der Waals surface area contributed by atoms with Gasteiger partial charge in [-0.1, -0.05) is 0 Å². The van der Waals surface area contributed by atoms with Gasteiger partial charge in [0.05, 0.1) is 10.0 Å². The minimum atomic E-state index is -0.0202. The summed E-state index contributed by atoms with van der Waals surface area (Å²) in [6, 6.07) is 1.76. The molecule has 0 N–H and O–H groups in total. The van der Waals surface area contributed by atoms with E-state index in [2.05, 4.69) is 36.8 Å². The van der Waals surface area contributed by atoms with Crippen molar-refractivity contribution in [2.45, 2.75) is 6.92 Å². The van der Waals surface area contributed by atoms with Crippen molar-refractivity contribution >= 4 is 37.8 Å². The zero-order valence-electron chi connectivity index (χ0n) is 7.92. The summed E-state index contributed by atoms with van der Waals surface area (Å²) >= 11 is 6.55. The van der Waals surface area contributed by atoms with E-state index in [9.17, 15) is 4.79 Å². The van der Waals surface area contributed by atoms with Gasteiger partial charge < -0.3 is 4.90 Å². The van der Waals surface area contributed by atoms with Gasteiger partial charge in [0.25, 0.3) is 5.91 Å². The summed E-state index contributed by atoms with van der Waals surface area (Å²) in [6.45, 7) is 2.62. The Morgan fingerprint density at radius 1 is 1.57 bits per heavy atom. The van der Waals surface area contributed by atoms with E-state index in [1.165, 1.54) is 0 Å². The van der Waals surface area contributed by atoms with Crippen molar-refractivity contribution in [1.82, 2.24) is 9.88 Å². The Bertz CT molecular complexity index is 355. The molecule has 0 radical (unpaired) electrons. The molecule has 0 atom stereocenters. The molecule has 1 amide bonds. The Hall–Kier alpha value is -0.420. The predicted octanol–water partition coefficient (Wildman–Crippen LogP) is 2.70. The van der Waals surface area contributed by atoms with E-state index in [0.717, 1.165) is 4.47 Å². The summed E-state index contributed by atoms with van der Waals surface area (Å²) in [4.78, 5) is 17.4. The number of aromatic nitrogens is 1. The Morgan fingerprint density at radius 2 is 2.21 bits per heavy atom. The molecule has 1 aromatic heterocycles. The molecule has 0 spiro atoms.